The summed E-state index contributed by atoms with van der Waals surface area (Å²) in [5, 5.41) is 22.8. The Morgan fingerprint density at radius 3 is 0.918 bits per heavy atom. The summed E-state index contributed by atoms with van der Waals surface area (Å²) >= 11 is 0.0736. The van der Waals surface area contributed by atoms with Crippen LogP contribution in [0.4, 0.5) is 0 Å². The number of hydrogen-bond acceptors (Lipinski definition) is 2. The van der Waals surface area contributed by atoms with Gasteiger partial charge in [-0.1, -0.05) is 151 Å². The summed E-state index contributed by atoms with van der Waals surface area (Å²) in [6.07, 6.45) is 38.0. The molecule has 0 bridgehead atoms. The first kappa shape index (κ1) is 47.8. The van der Waals surface area contributed by atoms with E-state index in [1.54, 1.807) is 33.8 Å². The molecule has 49 heavy (non-hydrogen) atoms. The fourth-order valence-corrected chi connectivity index (χ4v) is 9.72. The molecule has 0 aliphatic rings. The van der Waals surface area contributed by atoms with Crippen LogP contribution in [-0.4, -0.2) is 21.1 Å². The van der Waals surface area contributed by atoms with Gasteiger partial charge in [0, 0.05) is 0 Å². The average Bonchev–Trinajstić information content (AvgIpc) is 3.11. The van der Waals surface area contributed by atoms with Crippen LogP contribution in [0.3, 0.4) is 0 Å². The fourth-order valence-electron chi connectivity index (χ4n) is 6.15. The van der Waals surface area contributed by atoms with Gasteiger partial charge in [0.1, 0.15) is 0 Å². The maximum atomic E-state index is 11.4. The second kappa shape index (κ2) is 39.6. The van der Waals surface area contributed by atoms with Crippen LogP contribution in [0.5, 0.6) is 11.5 Å². The molecule has 0 fully saturated rings. The molecule has 2 nitrogen and oxygen atoms in total. The first-order valence-corrected chi connectivity index (χ1v) is 25.3. The van der Waals surface area contributed by atoms with Gasteiger partial charge in [0.25, 0.3) is 0 Å². The molecule has 0 radical (unpaired) electrons. The predicted octanol–water partition coefficient (Wildman–Crippen LogP) is 14.4. The van der Waals surface area contributed by atoms with Gasteiger partial charge in [-0.3, -0.25) is 0 Å². The molecular formula is C46H80O2Sn. The molecular weight excluding hydrogens is 703 g/mol. The summed E-state index contributed by atoms with van der Waals surface area (Å²) in [5.74, 6) is 0.405. The summed E-state index contributed by atoms with van der Waals surface area (Å²) in [6, 6.07) is 14.8. The number of aryl methyl sites for hydroxylation is 2. The summed E-state index contributed by atoms with van der Waals surface area (Å²) < 4.78 is 3.31. The van der Waals surface area contributed by atoms with Gasteiger partial charge in [-0.25, -0.2) is 0 Å². The van der Waals surface area contributed by atoms with E-state index in [1.807, 2.05) is 36.4 Å². The van der Waals surface area contributed by atoms with Crippen LogP contribution >= 0.6 is 0 Å². The molecule has 0 spiro atoms. The Kier molecular flexibility index (Phi) is 38.7. The van der Waals surface area contributed by atoms with E-state index < -0.39 is 0 Å². The summed E-state index contributed by atoms with van der Waals surface area (Å²) in [6.45, 7) is 9.08. The van der Waals surface area contributed by atoms with Gasteiger partial charge in [-0.15, -0.1) is 11.5 Å². The van der Waals surface area contributed by atoms with Gasteiger partial charge >= 0.3 is 121 Å². The van der Waals surface area contributed by atoms with Crippen molar-refractivity contribution in [3.05, 3.63) is 59.7 Å². The molecule has 0 aromatic heterocycles. The van der Waals surface area contributed by atoms with Crippen molar-refractivity contribution < 1.29 is 10.2 Å². The average molecular weight is 784 g/mol. The Bertz CT molecular complexity index is 840. The quantitative estimate of drug-likeness (QED) is 0.0585. The normalized spacial score (nSPS) is 10.5. The molecule has 0 amide bonds. The van der Waals surface area contributed by atoms with E-state index in [2.05, 4.69) is 27.7 Å². The van der Waals surface area contributed by atoms with Crippen LogP contribution in [0, 0.1) is 0 Å². The van der Waals surface area contributed by atoms with Crippen molar-refractivity contribution in [3.63, 3.8) is 0 Å². The minimum absolute atomic E-state index is 0.0736. The predicted molar refractivity (Wildman–Crippen MR) is 217 cm³/mol. The van der Waals surface area contributed by atoms with E-state index in [0.717, 1.165) is 36.8 Å². The molecule has 2 aromatic carbocycles. The Balaban J connectivity index is 0.000000705. The van der Waals surface area contributed by atoms with E-state index in [9.17, 15) is 10.2 Å². The zero-order chi connectivity index (χ0) is 35.9. The second-order valence-corrected chi connectivity index (χ2v) is 18.5. The zero-order valence-corrected chi connectivity index (χ0v) is 36.0. The molecule has 0 N–H and O–H groups in total. The molecule has 0 saturated carbocycles. The molecule has 0 aliphatic carbocycles. The molecule has 0 aliphatic heterocycles. The first-order chi connectivity index (χ1) is 24.1. The van der Waals surface area contributed by atoms with Crippen LogP contribution in [0.1, 0.15) is 206 Å². The molecule has 2 aromatic rings. The third kappa shape index (κ3) is 33.7. The first-order valence-electron chi connectivity index (χ1n) is 21.3. The molecule has 0 unspecified atom stereocenters. The summed E-state index contributed by atoms with van der Waals surface area (Å²) in [7, 11) is 0. The van der Waals surface area contributed by atoms with E-state index in [4.69, 9.17) is 0 Å². The molecule has 0 saturated heterocycles. The van der Waals surface area contributed by atoms with Crippen LogP contribution in [-0.2, 0) is 12.8 Å². The van der Waals surface area contributed by atoms with Crippen LogP contribution in [0.15, 0.2) is 48.5 Å². The Hall–Kier alpha value is -1.16. The molecule has 2 rings (SSSR count). The zero-order valence-electron chi connectivity index (χ0n) is 33.1. The Labute approximate surface area is 317 Å². The monoisotopic (exact) mass is 785 g/mol. The third-order valence-electron chi connectivity index (χ3n) is 9.46. The fraction of sp³-hybridized carbons (Fsp3) is 0.739. The van der Waals surface area contributed by atoms with Crippen LogP contribution in [0.25, 0.3) is 0 Å². The molecule has 280 valence electrons. The SMILES string of the molecule is CCCCCCCCCc1ccccc1[O-].CCCCCCCCCc1ccccc1[O-].CCCCCCC[CH2][Sn+2][CH2]CCCCCCC. The van der Waals surface area contributed by atoms with Gasteiger partial charge in [-0.05, 0) is 25.7 Å². The van der Waals surface area contributed by atoms with Gasteiger partial charge in [0.2, 0.25) is 0 Å². The standard InChI is InChI=1S/2C15H24O.2C8H17.Sn/c2*1-2-3-4-5-6-7-8-11-14-12-9-10-13-15(14)16;2*1-3-5-7-8-6-4-2;/h2*9-10,12-13,16H,2-8,11H2,1H3;2*1,3-8H2,2H3;/q;;;;+2/p-2. The Morgan fingerprint density at radius 2 is 0.612 bits per heavy atom. The minimum atomic E-state index is 0.0736. The van der Waals surface area contributed by atoms with E-state index >= 15 is 0 Å². The van der Waals surface area contributed by atoms with Crippen molar-refractivity contribution in [3.8, 4) is 11.5 Å². The second-order valence-electron chi connectivity index (χ2n) is 14.2. The van der Waals surface area contributed by atoms with E-state index in [1.165, 1.54) is 141 Å². The van der Waals surface area contributed by atoms with E-state index in [-0.39, 0.29) is 32.6 Å². The van der Waals surface area contributed by atoms with Crippen molar-refractivity contribution in [2.45, 2.75) is 216 Å². The molecule has 3 heteroatoms. The van der Waals surface area contributed by atoms with Crippen molar-refractivity contribution in [2.75, 3.05) is 0 Å². The number of benzene rings is 2. The van der Waals surface area contributed by atoms with Crippen molar-refractivity contribution >= 4 is 21.1 Å². The topological polar surface area (TPSA) is 46.1 Å². The Morgan fingerprint density at radius 1 is 0.347 bits per heavy atom. The summed E-state index contributed by atoms with van der Waals surface area (Å²) in [5.41, 5.74) is 1.96. The molecule has 0 atom stereocenters. The van der Waals surface area contributed by atoms with Gasteiger partial charge < -0.3 is 10.2 Å². The number of unbranched alkanes of at least 4 members (excludes halogenated alkanes) is 22. The third-order valence-corrected chi connectivity index (χ3v) is 13.5. The number of rotatable bonds is 30. The number of hydrogen-bond donors (Lipinski definition) is 0. The van der Waals surface area contributed by atoms with E-state index in [0.29, 0.717) is 0 Å². The van der Waals surface area contributed by atoms with Gasteiger partial charge in [-0.2, -0.15) is 0 Å². The summed E-state index contributed by atoms with van der Waals surface area (Å²) in [4.78, 5) is 0. The maximum absolute atomic E-state index is 11.4. The molecule has 0 heterocycles. The van der Waals surface area contributed by atoms with Gasteiger partial charge in [0.05, 0.1) is 0 Å². The van der Waals surface area contributed by atoms with Gasteiger partial charge in [0.15, 0.2) is 0 Å². The van der Waals surface area contributed by atoms with Crippen molar-refractivity contribution in [1.29, 1.82) is 0 Å². The van der Waals surface area contributed by atoms with Crippen LogP contribution < -0.4 is 10.2 Å². The van der Waals surface area contributed by atoms with Crippen molar-refractivity contribution in [2.24, 2.45) is 0 Å². The number of para-hydroxylation sites is 2. The van der Waals surface area contributed by atoms with Crippen LogP contribution in [0.2, 0.25) is 8.87 Å². The van der Waals surface area contributed by atoms with Crippen molar-refractivity contribution in [1.82, 2.24) is 0 Å².